The van der Waals surface area contributed by atoms with Crippen molar-refractivity contribution in [3.8, 4) is 11.3 Å². The lowest BCUT2D eigenvalue weighted by molar-refractivity contribution is 0.0423. The van der Waals surface area contributed by atoms with Crippen LogP contribution in [0.25, 0.3) is 11.3 Å². The van der Waals surface area contributed by atoms with E-state index < -0.39 is 11.6 Å². The molecule has 3 aliphatic rings. The maximum Gasteiger partial charge on any atom is 0.258 e. The summed E-state index contributed by atoms with van der Waals surface area (Å²) in [5.41, 5.74) is 2.22. The molecule has 6 rings (SSSR count). The fourth-order valence-corrected chi connectivity index (χ4v) is 7.20. The molecule has 2 aromatic heterocycles. The number of aromatic nitrogens is 3. The summed E-state index contributed by atoms with van der Waals surface area (Å²) in [6.07, 6.45) is 6.71. The number of hydrogen-bond donors (Lipinski definition) is 0. The van der Waals surface area contributed by atoms with Gasteiger partial charge >= 0.3 is 0 Å². The summed E-state index contributed by atoms with van der Waals surface area (Å²) in [4.78, 5) is 14.9. The van der Waals surface area contributed by atoms with E-state index >= 15 is 0 Å². The molecule has 0 radical (unpaired) electrons. The third-order valence-electron chi connectivity index (χ3n) is 8.77. The van der Waals surface area contributed by atoms with Crippen LogP contribution in [0.3, 0.4) is 0 Å². The Balaban J connectivity index is 1.40. The Labute approximate surface area is 196 Å². The molecule has 1 aromatic carbocycles. The summed E-state index contributed by atoms with van der Waals surface area (Å²) in [5, 5.41) is 12.7. The number of likely N-dealkylation sites (tertiary alicyclic amines) is 1. The fraction of sp³-hybridized carbons (Fsp3) is 0.462. The Morgan fingerprint density at radius 2 is 1.97 bits per heavy atom. The van der Waals surface area contributed by atoms with Gasteiger partial charge in [0.05, 0.1) is 28.7 Å². The number of carbonyl (C=O) groups excluding carboxylic acids is 1. The van der Waals surface area contributed by atoms with Crippen LogP contribution in [0.2, 0.25) is 0 Å². The molecule has 34 heavy (non-hydrogen) atoms. The van der Waals surface area contributed by atoms with Crippen molar-refractivity contribution in [3.63, 3.8) is 0 Å². The van der Waals surface area contributed by atoms with Crippen LogP contribution < -0.4 is 0 Å². The summed E-state index contributed by atoms with van der Waals surface area (Å²) in [6, 6.07) is 5.69. The Bertz CT molecular complexity index is 1260. The van der Waals surface area contributed by atoms with Crippen molar-refractivity contribution in [2.24, 2.45) is 11.3 Å². The zero-order chi connectivity index (χ0) is 23.7. The molecule has 2 bridgehead atoms. The normalized spacial score (nSPS) is 27.1. The first kappa shape index (κ1) is 21.4. The maximum absolute atomic E-state index is 14.5. The summed E-state index contributed by atoms with van der Waals surface area (Å²) < 4.78 is 33.8. The van der Waals surface area contributed by atoms with Crippen molar-refractivity contribution in [1.82, 2.24) is 20.3 Å². The summed E-state index contributed by atoms with van der Waals surface area (Å²) in [6.45, 7) is 5.88. The number of amides is 1. The van der Waals surface area contributed by atoms with Crippen LogP contribution in [0.15, 0.2) is 41.2 Å². The van der Waals surface area contributed by atoms with Crippen molar-refractivity contribution < 1.29 is 18.1 Å². The first-order valence-corrected chi connectivity index (χ1v) is 11.9. The van der Waals surface area contributed by atoms with Gasteiger partial charge in [-0.25, -0.2) is 8.78 Å². The van der Waals surface area contributed by atoms with Crippen molar-refractivity contribution in [2.75, 3.05) is 13.1 Å². The Morgan fingerprint density at radius 3 is 2.71 bits per heavy atom. The highest BCUT2D eigenvalue weighted by molar-refractivity contribution is 5.93. The average Bonchev–Trinajstić information content (AvgIpc) is 3.50. The van der Waals surface area contributed by atoms with Crippen LogP contribution >= 0.6 is 0 Å². The van der Waals surface area contributed by atoms with E-state index in [9.17, 15) is 13.6 Å². The topological polar surface area (TPSA) is 72.1 Å². The Morgan fingerprint density at radius 1 is 1.18 bits per heavy atom. The molecule has 2 fully saturated rings. The van der Waals surface area contributed by atoms with Crippen LogP contribution in [0.4, 0.5) is 8.78 Å². The number of halogens is 2. The van der Waals surface area contributed by atoms with E-state index in [-0.39, 0.29) is 39.8 Å². The minimum Gasteiger partial charge on any atom is -0.364 e. The largest absolute Gasteiger partial charge is 0.364 e. The average molecular weight is 465 g/mol. The number of hydrogen-bond acceptors (Lipinski definition) is 5. The van der Waals surface area contributed by atoms with Gasteiger partial charge in [0.2, 0.25) is 0 Å². The van der Waals surface area contributed by atoms with Crippen LogP contribution in [0, 0.1) is 23.0 Å². The number of fused-ring (bicyclic) bond motifs is 5. The van der Waals surface area contributed by atoms with Gasteiger partial charge in [0.25, 0.3) is 5.91 Å². The molecule has 3 atom stereocenters. The molecular formula is C26H26F2N4O2. The molecule has 8 heteroatoms. The lowest BCUT2D eigenvalue weighted by atomic mass is 9.59. The number of benzene rings is 1. The van der Waals surface area contributed by atoms with E-state index in [1.807, 2.05) is 11.0 Å². The molecule has 3 heterocycles. The van der Waals surface area contributed by atoms with Gasteiger partial charge in [0.1, 0.15) is 17.9 Å². The predicted octanol–water partition coefficient (Wildman–Crippen LogP) is 5.12. The van der Waals surface area contributed by atoms with E-state index in [1.165, 1.54) is 30.7 Å². The molecule has 0 N–H and O–H groups in total. The Kier molecular flexibility index (Phi) is 4.66. The standard InChI is InChI=1S/C26H26F2N4O2/c1-25(2)18-8-9-26(25,16-5-4-10-32(13-16)24(33)15-12-29-34-14-15)23-17(18)11-21(30-31-23)22-19(27)6-3-7-20(22)28/h3,6-7,11-12,14,16,18H,4-5,8-10,13H2,1-2H3/t16-,18-,26-/m0/s1. The summed E-state index contributed by atoms with van der Waals surface area (Å²) >= 11 is 0. The van der Waals surface area contributed by atoms with E-state index in [0.29, 0.717) is 18.7 Å². The third kappa shape index (κ3) is 2.77. The lowest BCUT2D eigenvalue weighted by Gasteiger charge is -2.48. The summed E-state index contributed by atoms with van der Waals surface area (Å²) in [7, 11) is 0. The van der Waals surface area contributed by atoms with Gasteiger partial charge in [0.15, 0.2) is 0 Å². The van der Waals surface area contributed by atoms with Gasteiger partial charge < -0.3 is 9.42 Å². The van der Waals surface area contributed by atoms with Gasteiger partial charge in [0, 0.05) is 18.5 Å². The van der Waals surface area contributed by atoms with Gasteiger partial charge in [-0.05, 0) is 66.7 Å². The first-order chi connectivity index (χ1) is 16.3. The molecule has 176 valence electrons. The van der Waals surface area contributed by atoms with Gasteiger partial charge in [-0.3, -0.25) is 4.79 Å². The highest BCUT2D eigenvalue weighted by atomic mass is 19.1. The zero-order valence-corrected chi connectivity index (χ0v) is 19.2. The second-order valence-corrected chi connectivity index (χ2v) is 10.4. The smallest absolute Gasteiger partial charge is 0.258 e. The van der Waals surface area contributed by atoms with E-state index in [1.54, 1.807) is 0 Å². The van der Waals surface area contributed by atoms with Crippen molar-refractivity contribution >= 4 is 5.91 Å². The molecule has 1 aliphatic heterocycles. The van der Waals surface area contributed by atoms with Crippen molar-refractivity contribution in [1.29, 1.82) is 0 Å². The molecule has 1 amide bonds. The van der Waals surface area contributed by atoms with Crippen molar-refractivity contribution in [2.45, 2.75) is 50.9 Å². The highest BCUT2D eigenvalue weighted by Crippen LogP contribution is 2.70. The van der Waals surface area contributed by atoms with Crippen LogP contribution in [-0.2, 0) is 5.41 Å². The number of rotatable bonds is 3. The molecule has 3 aromatic rings. The van der Waals surface area contributed by atoms with E-state index in [0.717, 1.165) is 36.9 Å². The zero-order valence-electron chi connectivity index (χ0n) is 19.2. The molecule has 1 saturated carbocycles. The molecular weight excluding hydrogens is 438 g/mol. The Hall–Kier alpha value is -3.16. The molecule has 1 saturated heterocycles. The molecule has 0 unspecified atom stereocenters. The predicted molar refractivity (Wildman–Crippen MR) is 120 cm³/mol. The second kappa shape index (κ2) is 7.42. The number of carbonyl (C=O) groups is 1. The lowest BCUT2D eigenvalue weighted by Crippen LogP contribution is -2.51. The molecule has 0 spiro atoms. The monoisotopic (exact) mass is 464 g/mol. The van der Waals surface area contributed by atoms with Gasteiger partial charge in [-0.15, -0.1) is 0 Å². The molecule has 6 nitrogen and oxygen atoms in total. The number of piperidine rings is 1. The SMILES string of the molecule is CC1(C)[C@H]2CC[C@]1([C@H]1CCCN(C(=O)c3cnoc3)C1)c1nnc(-c3c(F)cccc3F)cc12. The quantitative estimate of drug-likeness (QED) is 0.538. The number of nitrogens with zero attached hydrogens (tertiary/aromatic N) is 4. The van der Waals surface area contributed by atoms with Crippen molar-refractivity contribution in [3.05, 3.63) is 65.2 Å². The fourth-order valence-electron chi connectivity index (χ4n) is 7.20. The molecule has 2 aliphatic carbocycles. The maximum atomic E-state index is 14.5. The summed E-state index contributed by atoms with van der Waals surface area (Å²) in [5.74, 6) is -0.889. The van der Waals surface area contributed by atoms with Crippen LogP contribution in [0.5, 0.6) is 0 Å². The third-order valence-corrected chi connectivity index (χ3v) is 8.77. The van der Waals surface area contributed by atoms with Gasteiger partial charge in [-0.1, -0.05) is 25.1 Å². The van der Waals surface area contributed by atoms with Crippen LogP contribution in [-0.4, -0.2) is 39.3 Å². The van der Waals surface area contributed by atoms with Crippen LogP contribution in [0.1, 0.15) is 67.1 Å². The van der Waals surface area contributed by atoms with E-state index in [4.69, 9.17) is 4.52 Å². The first-order valence-electron chi connectivity index (χ1n) is 11.9. The minimum atomic E-state index is -0.637. The minimum absolute atomic E-state index is 0.0654. The second-order valence-electron chi connectivity index (χ2n) is 10.4. The highest BCUT2D eigenvalue weighted by Gasteiger charge is 2.66. The van der Waals surface area contributed by atoms with E-state index in [2.05, 4.69) is 29.2 Å². The van der Waals surface area contributed by atoms with Gasteiger partial charge in [-0.2, -0.15) is 10.2 Å².